The number of amides is 1. The molecule has 0 heterocycles. The van der Waals surface area contributed by atoms with Crippen LogP contribution >= 0.6 is 38.5 Å². The van der Waals surface area contributed by atoms with E-state index in [0.29, 0.717) is 6.54 Å². The molecule has 136 valence electrons. The Hall–Kier alpha value is -1.92. The van der Waals surface area contributed by atoms with Gasteiger partial charge in [0, 0.05) is 14.1 Å². The average Bonchev–Trinajstić information content (AvgIpc) is 2.66. The van der Waals surface area contributed by atoms with Gasteiger partial charge in [-0.3, -0.25) is 4.79 Å². The molecule has 0 aliphatic heterocycles. The lowest BCUT2D eigenvalue weighted by Gasteiger charge is -2.25. The molecular weight excluding hydrogens is 513 g/mol. The standard InChI is InChI=1S/C23H19BrINO/c1-17-14-20(24)15-21(25)23(17)26(16-19-10-6-3-7-11-19)22(27)13-12-18-8-4-2-5-9-18/h2-15H,16H2,1H3/b13-12+. The molecule has 0 aliphatic rings. The molecule has 0 saturated carbocycles. The number of halogens is 2. The molecule has 0 N–H and O–H groups in total. The molecule has 27 heavy (non-hydrogen) atoms. The Kier molecular flexibility index (Phi) is 6.85. The number of hydrogen-bond donors (Lipinski definition) is 0. The van der Waals surface area contributed by atoms with Crippen molar-refractivity contribution in [3.05, 3.63) is 104 Å². The lowest BCUT2D eigenvalue weighted by molar-refractivity contribution is -0.114. The van der Waals surface area contributed by atoms with E-state index < -0.39 is 0 Å². The Morgan fingerprint density at radius 3 is 2.30 bits per heavy atom. The molecule has 4 heteroatoms. The van der Waals surface area contributed by atoms with Crippen LogP contribution in [-0.2, 0) is 11.3 Å². The van der Waals surface area contributed by atoms with Crippen molar-refractivity contribution in [3.63, 3.8) is 0 Å². The van der Waals surface area contributed by atoms with Crippen LogP contribution in [0.25, 0.3) is 6.08 Å². The zero-order chi connectivity index (χ0) is 19.2. The topological polar surface area (TPSA) is 20.3 Å². The number of anilines is 1. The minimum Gasteiger partial charge on any atom is -0.303 e. The zero-order valence-corrected chi connectivity index (χ0v) is 18.6. The van der Waals surface area contributed by atoms with Gasteiger partial charge in [0.2, 0.25) is 0 Å². The highest BCUT2D eigenvalue weighted by atomic mass is 127. The number of nitrogens with zero attached hydrogens (tertiary/aromatic N) is 1. The molecule has 0 aliphatic carbocycles. The predicted molar refractivity (Wildman–Crippen MR) is 125 cm³/mol. The minimum atomic E-state index is -0.0361. The maximum atomic E-state index is 13.1. The fourth-order valence-corrected chi connectivity index (χ4v) is 4.94. The predicted octanol–water partition coefficient (Wildman–Crippen LogP) is 6.61. The van der Waals surface area contributed by atoms with Crippen molar-refractivity contribution in [2.75, 3.05) is 4.90 Å². The van der Waals surface area contributed by atoms with Gasteiger partial charge in [0.25, 0.3) is 5.91 Å². The van der Waals surface area contributed by atoms with Crippen LogP contribution in [0.4, 0.5) is 5.69 Å². The fourth-order valence-electron chi connectivity index (χ4n) is 2.89. The SMILES string of the molecule is Cc1cc(Br)cc(I)c1N(Cc1ccccc1)C(=O)/C=C/c1ccccc1. The molecular formula is C23H19BrINO. The fraction of sp³-hybridized carbons (Fsp3) is 0.0870. The smallest absolute Gasteiger partial charge is 0.251 e. The molecule has 3 aromatic carbocycles. The molecule has 0 unspecified atom stereocenters. The summed E-state index contributed by atoms with van der Waals surface area (Å²) in [5.74, 6) is -0.0361. The second-order valence-corrected chi connectivity index (χ2v) is 8.28. The monoisotopic (exact) mass is 531 g/mol. The summed E-state index contributed by atoms with van der Waals surface area (Å²) in [6.45, 7) is 2.56. The van der Waals surface area contributed by atoms with E-state index in [9.17, 15) is 4.79 Å². The van der Waals surface area contributed by atoms with E-state index in [2.05, 4.69) is 38.5 Å². The van der Waals surface area contributed by atoms with Gasteiger partial charge in [0.1, 0.15) is 0 Å². The molecule has 2 nitrogen and oxygen atoms in total. The molecule has 0 bridgehead atoms. The van der Waals surface area contributed by atoms with E-state index in [1.54, 1.807) is 6.08 Å². The zero-order valence-electron chi connectivity index (χ0n) is 14.9. The van der Waals surface area contributed by atoms with Crippen molar-refractivity contribution >= 4 is 56.2 Å². The first-order valence-electron chi connectivity index (χ1n) is 8.59. The Morgan fingerprint density at radius 2 is 1.67 bits per heavy atom. The van der Waals surface area contributed by atoms with E-state index >= 15 is 0 Å². The quantitative estimate of drug-likeness (QED) is 0.268. The van der Waals surface area contributed by atoms with Crippen LogP contribution in [-0.4, -0.2) is 5.91 Å². The van der Waals surface area contributed by atoms with Crippen LogP contribution in [0.3, 0.4) is 0 Å². The summed E-state index contributed by atoms with van der Waals surface area (Å²) < 4.78 is 2.05. The van der Waals surface area contributed by atoms with Crippen LogP contribution in [0.1, 0.15) is 16.7 Å². The van der Waals surface area contributed by atoms with E-state index in [4.69, 9.17) is 0 Å². The summed E-state index contributed by atoms with van der Waals surface area (Å²) in [6.07, 6.45) is 3.51. The van der Waals surface area contributed by atoms with Gasteiger partial charge in [0.15, 0.2) is 0 Å². The molecule has 0 spiro atoms. The number of aryl methyl sites for hydroxylation is 1. The first-order valence-corrected chi connectivity index (χ1v) is 10.5. The summed E-state index contributed by atoms with van der Waals surface area (Å²) in [6, 6.07) is 24.0. The average molecular weight is 532 g/mol. The molecule has 0 radical (unpaired) electrons. The maximum absolute atomic E-state index is 13.1. The molecule has 3 rings (SSSR count). The maximum Gasteiger partial charge on any atom is 0.251 e. The molecule has 0 aromatic heterocycles. The summed E-state index contributed by atoms with van der Waals surface area (Å²) in [7, 11) is 0. The molecule has 1 amide bonds. The molecule has 0 saturated heterocycles. The normalized spacial score (nSPS) is 10.9. The molecule has 0 atom stereocenters. The number of benzene rings is 3. The highest BCUT2D eigenvalue weighted by Gasteiger charge is 2.19. The van der Waals surface area contributed by atoms with Crippen molar-refractivity contribution < 1.29 is 4.79 Å². The number of rotatable bonds is 5. The van der Waals surface area contributed by atoms with Gasteiger partial charge in [0.05, 0.1) is 12.2 Å². The summed E-state index contributed by atoms with van der Waals surface area (Å²) in [5.41, 5.74) is 4.11. The highest BCUT2D eigenvalue weighted by molar-refractivity contribution is 14.1. The minimum absolute atomic E-state index is 0.0361. The highest BCUT2D eigenvalue weighted by Crippen LogP contribution is 2.32. The van der Waals surface area contributed by atoms with Crippen molar-refractivity contribution in [3.8, 4) is 0 Å². The second-order valence-electron chi connectivity index (χ2n) is 6.21. The number of carbonyl (C=O) groups excluding carboxylic acids is 1. The van der Waals surface area contributed by atoms with E-state index in [-0.39, 0.29) is 5.91 Å². The van der Waals surface area contributed by atoms with Crippen LogP contribution in [0.15, 0.2) is 83.3 Å². The lowest BCUT2D eigenvalue weighted by atomic mass is 10.1. The number of hydrogen-bond acceptors (Lipinski definition) is 1. The van der Waals surface area contributed by atoms with Crippen LogP contribution in [0.5, 0.6) is 0 Å². The van der Waals surface area contributed by atoms with Crippen LogP contribution < -0.4 is 4.90 Å². The van der Waals surface area contributed by atoms with Gasteiger partial charge in [-0.1, -0.05) is 76.6 Å². The third-order valence-corrected chi connectivity index (χ3v) is 5.44. The summed E-state index contributed by atoms with van der Waals surface area (Å²) >= 11 is 5.83. The van der Waals surface area contributed by atoms with Crippen LogP contribution in [0.2, 0.25) is 0 Å². The Bertz CT molecular complexity index is 932. The second kappa shape index (κ2) is 9.33. The van der Waals surface area contributed by atoms with Gasteiger partial charge in [-0.2, -0.15) is 0 Å². The largest absolute Gasteiger partial charge is 0.303 e. The number of carbonyl (C=O) groups is 1. The Morgan fingerprint density at radius 1 is 1.04 bits per heavy atom. The van der Waals surface area contributed by atoms with Gasteiger partial charge < -0.3 is 4.90 Å². The van der Waals surface area contributed by atoms with Crippen LogP contribution in [0, 0.1) is 10.5 Å². The van der Waals surface area contributed by atoms with Gasteiger partial charge >= 0.3 is 0 Å². The first kappa shape index (κ1) is 19.8. The van der Waals surface area contributed by atoms with Gasteiger partial charge in [-0.15, -0.1) is 0 Å². The molecule has 3 aromatic rings. The van der Waals surface area contributed by atoms with E-state index in [1.165, 1.54) is 0 Å². The van der Waals surface area contributed by atoms with Crippen molar-refractivity contribution in [1.29, 1.82) is 0 Å². The van der Waals surface area contributed by atoms with E-state index in [0.717, 1.165) is 30.4 Å². The third-order valence-electron chi connectivity index (χ3n) is 4.16. The summed E-state index contributed by atoms with van der Waals surface area (Å²) in [4.78, 5) is 15.0. The van der Waals surface area contributed by atoms with Gasteiger partial charge in [-0.05, 0) is 64.4 Å². The lowest BCUT2D eigenvalue weighted by Crippen LogP contribution is -2.30. The molecule has 0 fully saturated rings. The van der Waals surface area contributed by atoms with Crippen molar-refractivity contribution in [2.45, 2.75) is 13.5 Å². The van der Waals surface area contributed by atoms with Crippen molar-refractivity contribution in [2.24, 2.45) is 0 Å². The van der Waals surface area contributed by atoms with E-state index in [1.807, 2.05) is 90.7 Å². The summed E-state index contributed by atoms with van der Waals surface area (Å²) in [5, 5.41) is 0. The Balaban J connectivity index is 1.97. The van der Waals surface area contributed by atoms with Gasteiger partial charge in [-0.25, -0.2) is 0 Å². The first-order chi connectivity index (χ1) is 13.0. The third kappa shape index (κ3) is 5.30. The Labute approximate surface area is 182 Å². The van der Waals surface area contributed by atoms with Crippen molar-refractivity contribution in [1.82, 2.24) is 0 Å².